The van der Waals surface area contributed by atoms with Gasteiger partial charge in [0.25, 0.3) is 0 Å². The fourth-order valence-electron chi connectivity index (χ4n) is 2.37. The first-order valence-electron chi connectivity index (χ1n) is 6.47. The second-order valence-corrected chi connectivity index (χ2v) is 7.76. The molecule has 0 amide bonds. The third kappa shape index (κ3) is 3.36. The van der Waals surface area contributed by atoms with Crippen LogP contribution in [0.5, 0.6) is 0 Å². The lowest BCUT2D eigenvalue weighted by Gasteiger charge is -2.33. The van der Waals surface area contributed by atoms with Crippen molar-refractivity contribution in [3.8, 4) is 0 Å². The Labute approximate surface area is 117 Å². The highest BCUT2D eigenvalue weighted by Gasteiger charge is 2.29. The maximum Gasteiger partial charge on any atom is 0.208 e. The summed E-state index contributed by atoms with van der Waals surface area (Å²) in [5.74, 6) is 1.45. The van der Waals surface area contributed by atoms with Gasteiger partial charge in [-0.25, -0.2) is 0 Å². The lowest BCUT2D eigenvalue weighted by molar-refractivity contribution is 0.306. The third-order valence-corrected chi connectivity index (χ3v) is 6.11. The molecule has 0 saturated heterocycles. The standard InChI is InChI=1S/C12H22N4S2/c1-8-4-5-9(7-13)10(6-8)17-12-15-14-11(18-12)16(2)3/h8-10H,4-7,13H2,1-3H3. The zero-order valence-corrected chi connectivity index (χ0v) is 12.9. The van der Waals surface area contributed by atoms with E-state index in [0.717, 1.165) is 21.9 Å². The molecule has 1 saturated carbocycles. The molecule has 4 nitrogen and oxygen atoms in total. The van der Waals surface area contributed by atoms with E-state index >= 15 is 0 Å². The van der Waals surface area contributed by atoms with E-state index in [1.54, 1.807) is 11.3 Å². The van der Waals surface area contributed by atoms with Gasteiger partial charge in [-0.15, -0.1) is 10.2 Å². The van der Waals surface area contributed by atoms with E-state index in [-0.39, 0.29) is 0 Å². The minimum absolute atomic E-state index is 0.613. The van der Waals surface area contributed by atoms with Crippen LogP contribution >= 0.6 is 23.1 Å². The van der Waals surface area contributed by atoms with E-state index in [4.69, 9.17) is 5.73 Å². The van der Waals surface area contributed by atoms with Crippen molar-refractivity contribution >= 4 is 28.2 Å². The van der Waals surface area contributed by atoms with Crippen LogP contribution in [0.3, 0.4) is 0 Å². The van der Waals surface area contributed by atoms with Crippen LogP contribution in [0.15, 0.2) is 4.34 Å². The molecule has 0 bridgehead atoms. The van der Waals surface area contributed by atoms with E-state index in [1.807, 2.05) is 30.8 Å². The average molecular weight is 286 g/mol. The van der Waals surface area contributed by atoms with Gasteiger partial charge in [0.2, 0.25) is 5.13 Å². The summed E-state index contributed by atoms with van der Waals surface area (Å²) in [5.41, 5.74) is 5.89. The van der Waals surface area contributed by atoms with Crippen molar-refractivity contribution in [1.29, 1.82) is 0 Å². The van der Waals surface area contributed by atoms with Crippen LogP contribution in [-0.4, -0.2) is 36.1 Å². The monoisotopic (exact) mass is 286 g/mol. The minimum Gasteiger partial charge on any atom is -0.353 e. The maximum absolute atomic E-state index is 5.89. The molecule has 3 atom stereocenters. The molecule has 0 aliphatic heterocycles. The van der Waals surface area contributed by atoms with Gasteiger partial charge in [-0.3, -0.25) is 0 Å². The topological polar surface area (TPSA) is 55.0 Å². The van der Waals surface area contributed by atoms with Crippen LogP contribution < -0.4 is 10.6 Å². The van der Waals surface area contributed by atoms with E-state index in [2.05, 4.69) is 17.1 Å². The van der Waals surface area contributed by atoms with Gasteiger partial charge in [0, 0.05) is 19.3 Å². The third-order valence-electron chi connectivity index (χ3n) is 3.52. The van der Waals surface area contributed by atoms with E-state index in [0.29, 0.717) is 11.2 Å². The summed E-state index contributed by atoms with van der Waals surface area (Å²) in [5, 5.41) is 10.1. The molecular formula is C12H22N4S2. The zero-order valence-electron chi connectivity index (χ0n) is 11.3. The molecule has 6 heteroatoms. The van der Waals surface area contributed by atoms with Gasteiger partial charge in [0.15, 0.2) is 4.34 Å². The van der Waals surface area contributed by atoms with Crippen LogP contribution in [0.1, 0.15) is 26.2 Å². The number of hydrogen-bond donors (Lipinski definition) is 1. The normalized spacial score (nSPS) is 28.3. The van der Waals surface area contributed by atoms with Gasteiger partial charge in [-0.1, -0.05) is 36.4 Å². The van der Waals surface area contributed by atoms with E-state index in [1.165, 1.54) is 19.3 Å². The van der Waals surface area contributed by atoms with Crippen molar-refractivity contribution < 1.29 is 0 Å². The highest BCUT2D eigenvalue weighted by atomic mass is 32.2. The van der Waals surface area contributed by atoms with Gasteiger partial charge in [-0.2, -0.15) is 0 Å². The molecule has 1 heterocycles. The number of thioether (sulfide) groups is 1. The van der Waals surface area contributed by atoms with Gasteiger partial charge >= 0.3 is 0 Å². The first-order chi connectivity index (χ1) is 8.60. The molecule has 0 spiro atoms. The van der Waals surface area contributed by atoms with Crippen molar-refractivity contribution in [2.75, 3.05) is 25.5 Å². The number of nitrogens with zero attached hydrogens (tertiary/aromatic N) is 3. The molecule has 1 fully saturated rings. The fourth-order valence-corrected chi connectivity index (χ4v) is 4.87. The molecule has 0 radical (unpaired) electrons. The molecule has 102 valence electrons. The lowest BCUT2D eigenvalue weighted by atomic mass is 9.82. The Kier molecular flexibility index (Phi) is 4.86. The van der Waals surface area contributed by atoms with Crippen LogP contribution in [0.2, 0.25) is 0 Å². The summed E-state index contributed by atoms with van der Waals surface area (Å²) in [6, 6.07) is 0. The smallest absolute Gasteiger partial charge is 0.208 e. The quantitative estimate of drug-likeness (QED) is 0.921. The summed E-state index contributed by atoms with van der Waals surface area (Å²) >= 11 is 3.55. The highest BCUT2D eigenvalue weighted by Crippen LogP contribution is 2.40. The summed E-state index contributed by atoms with van der Waals surface area (Å²) in [7, 11) is 4.00. The Bertz CT molecular complexity index is 380. The second-order valence-electron chi connectivity index (χ2n) is 5.32. The van der Waals surface area contributed by atoms with Gasteiger partial charge in [-0.05, 0) is 31.2 Å². The van der Waals surface area contributed by atoms with Crippen molar-refractivity contribution in [2.24, 2.45) is 17.6 Å². The molecule has 3 unspecified atom stereocenters. The van der Waals surface area contributed by atoms with Crippen LogP contribution in [0.25, 0.3) is 0 Å². The maximum atomic E-state index is 5.89. The summed E-state index contributed by atoms with van der Waals surface area (Å²) in [4.78, 5) is 2.01. The van der Waals surface area contributed by atoms with E-state index in [9.17, 15) is 0 Å². The Morgan fingerprint density at radius 3 is 2.78 bits per heavy atom. The summed E-state index contributed by atoms with van der Waals surface area (Å²) < 4.78 is 1.08. The number of aromatic nitrogens is 2. The molecule has 0 aromatic carbocycles. The highest BCUT2D eigenvalue weighted by molar-refractivity contribution is 8.01. The molecule has 1 aromatic rings. The van der Waals surface area contributed by atoms with Gasteiger partial charge in [0.05, 0.1) is 0 Å². The predicted molar refractivity (Wildman–Crippen MR) is 79.4 cm³/mol. The number of nitrogens with two attached hydrogens (primary N) is 1. The van der Waals surface area contributed by atoms with Gasteiger partial charge in [0.1, 0.15) is 0 Å². The predicted octanol–water partition coefficient (Wildman–Crippen LogP) is 2.46. The first-order valence-corrected chi connectivity index (χ1v) is 8.17. The Morgan fingerprint density at radius 1 is 1.39 bits per heavy atom. The Balaban J connectivity index is 2.01. The van der Waals surface area contributed by atoms with Crippen molar-refractivity contribution in [3.05, 3.63) is 0 Å². The zero-order chi connectivity index (χ0) is 13.1. The first kappa shape index (κ1) is 14.1. The molecule has 1 aliphatic rings. The average Bonchev–Trinajstić information content (AvgIpc) is 2.78. The molecule has 2 rings (SSSR count). The number of anilines is 1. The van der Waals surface area contributed by atoms with E-state index < -0.39 is 0 Å². The van der Waals surface area contributed by atoms with Crippen molar-refractivity contribution in [1.82, 2.24) is 10.2 Å². The number of hydrogen-bond acceptors (Lipinski definition) is 6. The lowest BCUT2D eigenvalue weighted by Crippen LogP contribution is -2.31. The summed E-state index contributed by atoms with van der Waals surface area (Å²) in [6.07, 6.45) is 3.83. The number of rotatable bonds is 4. The molecular weight excluding hydrogens is 264 g/mol. The fraction of sp³-hybridized carbons (Fsp3) is 0.833. The molecule has 1 aliphatic carbocycles. The van der Waals surface area contributed by atoms with Crippen molar-refractivity contribution in [2.45, 2.75) is 35.8 Å². The van der Waals surface area contributed by atoms with Gasteiger partial charge < -0.3 is 10.6 Å². The SMILES string of the molecule is CC1CCC(CN)C(Sc2nnc(N(C)C)s2)C1. The van der Waals surface area contributed by atoms with Crippen LogP contribution in [0, 0.1) is 11.8 Å². The van der Waals surface area contributed by atoms with Crippen LogP contribution in [-0.2, 0) is 0 Å². The Morgan fingerprint density at radius 2 is 2.17 bits per heavy atom. The second kappa shape index (κ2) is 6.21. The van der Waals surface area contributed by atoms with Crippen LogP contribution in [0.4, 0.5) is 5.13 Å². The molecule has 1 aromatic heterocycles. The minimum atomic E-state index is 0.613. The largest absolute Gasteiger partial charge is 0.353 e. The Hall–Kier alpha value is -0.330. The molecule has 18 heavy (non-hydrogen) atoms. The van der Waals surface area contributed by atoms with Crippen molar-refractivity contribution in [3.63, 3.8) is 0 Å². The summed E-state index contributed by atoms with van der Waals surface area (Å²) in [6.45, 7) is 3.13. The molecule has 2 N–H and O–H groups in total.